The number of rotatable bonds is 8. The Labute approximate surface area is 141 Å². The van der Waals surface area contributed by atoms with Crippen LogP contribution < -0.4 is 25.0 Å². The Morgan fingerprint density at radius 3 is 2.30 bits per heavy atom. The van der Waals surface area contributed by atoms with Gasteiger partial charge >= 0.3 is 0 Å². The van der Waals surface area contributed by atoms with Crippen LogP contribution in [0.4, 0.5) is 0 Å². The van der Waals surface area contributed by atoms with Crippen molar-refractivity contribution in [3.05, 3.63) is 17.7 Å². The highest BCUT2D eigenvalue weighted by Gasteiger charge is 2.10. The summed E-state index contributed by atoms with van der Waals surface area (Å²) >= 11 is 5.14. The third-order valence-electron chi connectivity index (χ3n) is 2.90. The van der Waals surface area contributed by atoms with Gasteiger partial charge in [0.05, 0.1) is 34.2 Å². The van der Waals surface area contributed by atoms with Crippen LogP contribution in [-0.2, 0) is 4.74 Å². The van der Waals surface area contributed by atoms with Crippen molar-refractivity contribution >= 4 is 23.5 Å². The molecule has 0 spiro atoms. The Kier molecular flexibility index (Phi) is 8.14. The van der Waals surface area contributed by atoms with Crippen molar-refractivity contribution in [3.8, 4) is 17.2 Å². The Hall–Kier alpha value is -2.06. The summed E-state index contributed by atoms with van der Waals surface area (Å²) in [6.07, 6.45) is 1.59. The Morgan fingerprint density at radius 2 is 1.74 bits per heavy atom. The standard InChI is InChI=1S/C15H23N3O4S/c1-10(9-19-2)17-15(23)18-16-8-11-6-13(21-4)14(22-5)7-12(11)20-3/h6-8,10H,9H2,1-5H3,(H2,17,18,23)/b16-8-/t10-/m1/s1. The molecule has 23 heavy (non-hydrogen) atoms. The molecule has 0 radical (unpaired) electrons. The van der Waals surface area contributed by atoms with E-state index < -0.39 is 0 Å². The van der Waals surface area contributed by atoms with Gasteiger partial charge < -0.3 is 24.3 Å². The van der Waals surface area contributed by atoms with E-state index in [0.717, 1.165) is 5.56 Å². The van der Waals surface area contributed by atoms with E-state index in [1.807, 2.05) is 6.92 Å². The lowest BCUT2D eigenvalue weighted by molar-refractivity contribution is 0.179. The van der Waals surface area contributed by atoms with Gasteiger partial charge in [-0.25, -0.2) is 0 Å². The first kappa shape index (κ1) is 19.0. The molecule has 1 aromatic rings. The summed E-state index contributed by atoms with van der Waals surface area (Å²) in [7, 11) is 6.35. The predicted molar refractivity (Wildman–Crippen MR) is 93.9 cm³/mol. The van der Waals surface area contributed by atoms with Gasteiger partial charge in [-0.1, -0.05) is 0 Å². The van der Waals surface area contributed by atoms with Gasteiger partial charge in [0, 0.05) is 24.8 Å². The van der Waals surface area contributed by atoms with E-state index in [1.54, 1.807) is 46.8 Å². The molecule has 0 aliphatic heterocycles. The van der Waals surface area contributed by atoms with Crippen LogP contribution in [0, 0.1) is 0 Å². The molecule has 0 unspecified atom stereocenters. The van der Waals surface area contributed by atoms with Gasteiger partial charge in [-0.3, -0.25) is 5.43 Å². The fraction of sp³-hybridized carbons (Fsp3) is 0.467. The molecule has 0 aliphatic carbocycles. The number of hydrazone groups is 1. The molecule has 8 heteroatoms. The zero-order valence-electron chi connectivity index (χ0n) is 14.0. The number of hydrogen-bond donors (Lipinski definition) is 2. The summed E-state index contributed by atoms with van der Waals surface area (Å²) in [6.45, 7) is 2.51. The predicted octanol–water partition coefficient (Wildman–Crippen LogP) is 1.55. The van der Waals surface area contributed by atoms with Crippen LogP contribution in [0.15, 0.2) is 17.2 Å². The molecule has 0 saturated heterocycles. The quantitative estimate of drug-likeness (QED) is 0.422. The van der Waals surface area contributed by atoms with E-state index in [0.29, 0.717) is 29.0 Å². The molecule has 0 fully saturated rings. The molecule has 1 atom stereocenters. The van der Waals surface area contributed by atoms with Crippen molar-refractivity contribution in [3.63, 3.8) is 0 Å². The van der Waals surface area contributed by atoms with Crippen molar-refractivity contribution in [2.24, 2.45) is 5.10 Å². The first-order chi connectivity index (χ1) is 11.0. The van der Waals surface area contributed by atoms with E-state index in [2.05, 4.69) is 15.8 Å². The molecule has 128 valence electrons. The second kappa shape index (κ2) is 9.86. The van der Waals surface area contributed by atoms with Crippen LogP contribution >= 0.6 is 12.2 Å². The normalized spacial score (nSPS) is 11.9. The van der Waals surface area contributed by atoms with Crippen LogP contribution in [0.3, 0.4) is 0 Å². The number of ether oxygens (including phenoxy) is 4. The highest BCUT2D eigenvalue weighted by molar-refractivity contribution is 7.80. The average Bonchev–Trinajstić information content (AvgIpc) is 2.54. The van der Waals surface area contributed by atoms with Crippen LogP contribution in [0.5, 0.6) is 17.2 Å². The molecule has 0 amide bonds. The van der Waals surface area contributed by atoms with E-state index in [1.165, 1.54) is 0 Å². The number of benzene rings is 1. The van der Waals surface area contributed by atoms with E-state index in [4.69, 9.17) is 31.2 Å². The number of nitrogens with zero attached hydrogens (tertiary/aromatic N) is 1. The van der Waals surface area contributed by atoms with E-state index in [-0.39, 0.29) is 6.04 Å². The highest BCUT2D eigenvalue weighted by Crippen LogP contribution is 2.33. The smallest absolute Gasteiger partial charge is 0.187 e. The Morgan fingerprint density at radius 1 is 1.13 bits per heavy atom. The van der Waals surface area contributed by atoms with Gasteiger partial charge in [-0.2, -0.15) is 5.10 Å². The lowest BCUT2D eigenvalue weighted by Gasteiger charge is -2.14. The maximum atomic E-state index is 5.32. The summed E-state index contributed by atoms with van der Waals surface area (Å²) in [4.78, 5) is 0. The van der Waals surface area contributed by atoms with Crippen LogP contribution in [0.25, 0.3) is 0 Å². The number of thiocarbonyl (C=S) groups is 1. The lowest BCUT2D eigenvalue weighted by Crippen LogP contribution is -2.40. The SMILES string of the molecule is COC[C@@H](C)NC(=S)N/N=C\c1cc(OC)c(OC)cc1OC. The minimum absolute atomic E-state index is 0.0887. The maximum Gasteiger partial charge on any atom is 0.187 e. The van der Waals surface area contributed by atoms with Crippen molar-refractivity contribution < 1.29 is 18.9 Å². The molecule has 1 aromatic carbocycles. The summed E-state index contributed by atoms with van der Waals surface area (Å²) in [5, 5.41) is 7.55. The molecule has 0 aromatic heterocycles. The monoisotopic (exact) mass is 341 g/mol. The largest absolute Gasteiger partial charge is 0.496 e. The van der Waals surface area contributed by atoms with Crippen molar-refractivity contribution in [2.75, 3.05) is 35.0 Å². The van der Waals surface area contributed by atoms with Crippen LogP contribution in [-0.4, -0.2) is 52.4 Å². The summed E-state index contributed by atoms with van der Waals surface area (Å²) in [5.41, 5.74) is 3.47. The summed E-state index contributed by atoms with van der Waals surface area (Å²) in [5.74, 6) is 1.78. The van der Waals surface area contributed by atoms with Gasteiger partial charge in [0.1, 0.15) is 5.75 Å². The molecule has 0 bridgehead atoms. The number of hydrogen-bond acceptors (Lipinski definition) is 6. The molecule has 0 heterocycles. The zero-order valence-corrected chi connectivity index (χ0v) is 14.8. The topological polar surface area (TPSA) is 73.3 Å². The van der Waals surface area contributed by atoms with Crippen molar-refractivity contribution in [2.45, 2.75) is 13.0 Å². The molecular weight excluding hydrogens is 318 g/mol. The summed E-state index contributed by atoms with van der Waals surface area (Å²) < 4.78 is 20.9. The molecule has 1 rings (SSSR count). The first-order valence-corrected chi connectivity index (χ1v) is 7.35. The molecule has 0 aliphatic rings. The van der Waals surface area contributed by atoms with E-state index >= 15 is 0 Å². The Balaban J connectivity index is 2.77. The fourth-order valence-corrected chi connectivity index (χ4v) is 2.12. The second-order valence-corrected chi connectivity index (χ2v) is 5.06. The molecular formula is C15H23N3O4S. The minimum Gasteiger partial charge on any atom is -0.496 e. The van der Waals surface area contributed by atoms with Crippen LogP contribution in [0.2, 0.25) is 0 Å². The van der Waals surface area contributed by atoms with Gasteiger partial charge in [-0.05, 0) is 25.2 Å². The van der Waals surface area contributed by atoms with Gasteiger partial charge in [0.2, 0.25) is 0 Å². The molecule has 7 nitrogen and oxygen atoms in total. The summed E-state index contributed by atoms with van der Waals surface area (Å²) in [6, 6.07) is 3.59. The average molecular weight is 341 g/mol. The van der Waals surface area contributed by atoms with E-state index in [9.17, 15) is 0 Å². The second-order valence-electron chi connectivity index (χ2n) is 4.65. The fourth-order valence-electron chi connectivity index (χ4n) is 1.86. The van der Waals surface area contributed by atoms with Crippen LogP contribution in [0.1, 0.15) is 12.5 Å². The maximum absolute atomic E-state index is 5.32. The van der Waals surface area contributed by atoms with Gasteiger partial charge in [0.15, 0.2) is 16.6 Å². The third kappa shape index (κ3) is 5.91. The highest BCUT2D eigenvalue weighted by atomic mass is 32.1. The number of methoxy groups -OCH3 is 4. The molecule has 2 N–H and O–H groups in total. The van der Waals surface area contributed by atoms with Crippen molar-refractivity contribution in [1.82, 2.24) is 10.7 Å². The Bertz CT molecular complexity index is 552. The zero-order chi connectivity index (χ0) is 17.2. The lowest BCUT2D eigenvalue weighted by atomic mass is 10.2. The van der Waals surface area contributed by atoms with Crippen molar-refractivity contribution in [1.29, 1.82) is 0 Å². The first-order valence-electron chi connectivity index (χ1n) is 6.94. The third-order valence-corrected chi connectivity index (χ3v) is 3.11. The van der Waals surface area contributed by atoms with Gasteiger partial charge in [-0.15, -0.1) is 0 Å². The number of nitrogens with one attached hydrogen (secondary N) is 2. The molecule has 0 saturated carbocycles. The minimum atomic E-state index is 0.0887. The van der Waals surface area contributed by atoms with Gasteiger partial charge in [0.25, 0.3) is 0 Å².